The van der Waals surface area contributed by atoms with Crippen LogP contribution >= 0.6 is 11.6 Å². The number of aliphatic imine (C=N–C) groups is 1. The van der Waals surface area contributed by atoms with Crippen molar-refractivity contribution in [2.24, 2.45) is 10.7 Å². The highest BCUT2D eigenvalue weighted by Crippen LogP contribution is 2.41. The Hall–Kier alpha value is -3.25. The second-order valence-corrected chi connectivity index (χ2v) is 9.59. The normalized spacial score (nSPS) is 24.6. The third-order valence-electron chi connectivity index (χ3n) is 6.40. The molecule has 2 amide bonds. The molecule has 0 bridgehead atoms. The van der Waals surface area contributed by atoms with Gasteiger partial charge in [0.1, 0.15) is 11.5 Å². The van der Waals surface area contributed by atoms with Gasteiger partial charge in [-0.2, -0.15) is 13.2 Å². The van der Waals surface area contributed by atoms with Gasteiger partial charge in [0.15, 0.2) is 5.96 Å². The van der Waals surface area contributed by atoms with Crippen LogP contribution in [0, 0.1) is 5.82 Å². The lowest BCUT2D eigenvalue weighted by Crippen LogP contribution is -2.56. The molecule has 1 aromatic heterocycles. The van der Waals surface area contributed by atoms with Gasteiger partial charge in [-0.25, -0.2) is 14.4 Å². The number of benzene rings is 1. The number of rotatable bonds is 4. The molecule has 3 heterocycles. The van der Waals surface area contributed by atoms with Crippen LogP contribution in [-0.4, -0.2) is 46.4 Å². The highest BCUT2D eigenvalue weighted by Gasteiger charge is 2.42. The number of nitrogens with one attached hydrogen (secondary N) is 1. The fourth-order valence-corrected chi connectivity index (χ4v) is 5.05. The number of nitrogens with zero attached hydrogens (tertiary/aromatic N) is 3. The summed E-state index contributed by atoms with van der Waals surface area (Å²) in [5.41, 5.74) is 2.79. The largest absolute Gasteiger partial charge is 0.418 e. The zero-order valence-corrected chi connectivity index (χ0v) is 20.7. The quantitative estimate of drug-likeness (QED) is 0.555. The molecule has 0 spiro atoms. The molecule has 0 unspecified atom stereocenters. The van der Waals surface area contributed by atoms with E-state index in [1.54, 1.807) is 13.0 Å². The Balaban J connectivity index is 1.64. The Kier molecular flexibility index (Phi) is 7.17. The summed E-state index contributed by atoms with van der Waals surface area (Å²) in [4.78, 5) is 35.2. The van der Waals surface area contributed by atoms with E-state index in [1.807, 2.05) is 6.92 Å². The van der Waals surface area contributed by atoms with Gasteiger partial charge in [0.05, 0.1) is 40.5 Å². The molecule has 1 saturated heterocycles. The molecule has 1 fully saturated rings. The Labute approximate surface area is 214 Å². The molecule has 3 atom stereocenters. The van der Waals surface area contributed by atoms with E-state index in [9.17, 15) is 27.2 Å². The Morgan fingerprint density at radius 2 is 2.08 bits per heavy atom. The third kappa shape index (κ3) is 5.40. The van der Waals surface area contributed by atoms with Gasteiger partial charge in [-0.05, 0) is 38.8 Å². The SMILES string of the molecule is C[C@@H]1C[C@H](N2C(=O)C[C@@](C)(c3cccc(NC(=O)c4ncc(F)cc4C(F)(F)F)c3Cl)N=C2N)CCO1. The highest BCUT2D eigenvalue weighted by molar-refractivity contribution is 6.35. The van der Waals surface area contributed by atoms with E-state index in [1.165, 1.54) is 17.0 Å². The molecule has 2 aliphatic rings. The van der Waals surface area contributed by atoms with Crippen LogP contribution in [-0.2, 0) is 21.2 Å². The van der Waals surface area contributed by atoms with Crippen LogP contribution < -0.4 is 11.1 Å². The van der Waals surface area contributed by atoms with Crippen LogP contribution in [0.5, 0.6) is 0 Å². The molecule has 3 N–H and O–H groups in total. The second kappa shape index (κ2) is 9.90. The minimum absolute atomic E-state index is 0.0219. The van der Waals surface area contributed by atoms with Gasteiger partial charge in [0, 0.05) is 18.2 Å². The molecule has 13 heteroatoms. The number of pyridine rings is 1. The average molecular weight is 542 g/mol. The molecule has 198 valence electrons. The summed E-state index contributed by atoms with van der Waals surface area (Å²) in [6.07, 6.45) is -3.38. The minimum Gasteiger partial charge on any atom is -0.378 e. The van der Waals surface area contributed by atoms with Crippen molar-refractivity contribution in [1.29, 1.82) is 0 Å². The van der Waals surface area contributed by atoms with Crippen LogP contribution in [0.4, 0.5) is 23.2 Å². The summed E-state index contributed by atoms with van der Waals surface area (Å²) < 4.78 is 59.0. The molecular formula is C24H24ClF4N5O3. The molecule has 8 nitrogen and oxygen atoms in total. The predicted molar refractivity (Wildman–Crippen MR) is 127 cm³/mol. The second-order valence-electron chi connectivity index (χ2n) is 9.21. The minimum atomic E-state index is -5.01. The van der Waals surface area contributed by atoms with Crippen LogP contribution in [0.25, 0.3) is 0 Å². The van der Waals surface area contributed by atoms with Crippen LogP contribution in [0.15, 0.2) is 35.5 Å². The van der Waals surface area contributed by atoms with Crippen LogP contribution in [0.2, 0.25) is 5.02 Å². The first-order chi connectivity index (χ1) is 17.3. The van der Waals surface area contributed by atoms with E-state index < -0.39 is 34.7 Å². The van der Waals surface area contributed by atoms with Gasteiger partial charge < -0.3 is 15.8 Å². The van der Waals surface area contributed by atoms with E-state index in [4.69, 9.17) is 22.1 Å². The van der Waals surface area contributed by atoms with Crippen LogP contribution in [0.1, 0.15) is 54.7 Å². The number of carbonyl (C=O) groups excluding carboxylic acids is 2. The molecule has 0 radical (unpaired) electrons. The zero-order valence-electron chi connectivity index (χ0n) is 19.9. The first kappa shape index (κ1) is 26.8. The first-order valence-corrected chi connectivity index (χ1v) is 11.8. The van der Waals surface area contributed by atoms with Gasteiger partial charge >= 0.3 is 6.18 Å². The maximum absolute atomic E-state index is 13.4. The highest BCUT2D eigenvalue weighted by atomic mass is 35.5. The van der Waals surface area contributed by atoms with Crippen molar-refractivity contribution >= 4 is 35.1 Å². The maximum atomic E-state index is 13.4. The van der Waals surface area contributed by atoms with Crippen molar-refractivity contribution in [2.45, 2.75) is 57.0 Å². The monoisotopic (exact) mass is 541 g/mol. The van der Waals surface area contributed by atoms with Crippen molar-refractivity contribution in [3.63, 3.8) is 0 Å². The number of hydrogen-bond donors (Lipinski definition) is 2. The van der Waals surface area contributed by atoms with E-state index in [0.29, 0.717) is 31.2 Å². The van der Waals surface area contributed by atoms with Gasteiger partial charge in [0.25, 0.3) is 5.91 Å². The Bertz CT molecular complexity index is 1270. The van der Waals surface area contributed by atoms with Crippen molar-refractivity contribution in [3.05, 3.63) is 58.1 Å². The van der Waals surface area contributed by atoms with E-state index >= 15 is 0 Å². The molecule has 2 aromatic rings. The first-order valence-electron chi connectivity index (χ1n) is 11.4. The molecule has 1 aromatic carbocycles. The molecule has 0 aliphatic carbocycles. The summed E-state index contributed by atoms with van der Waals surface area (Å²) in [6.45, 7) is 4.06. The summed E-state index contributed by atoms with van der Waals surface area (Å²) in [5, 5.41) is 2.26. The van der Waals surface area contributed by atoms with Gasteiger partial charge in [-0.1, -0.05) is 23.7 Å². The lowest BCUT2D eigenvalue weighted by atomic mass is 9.86. The Morgan fingerprint density at radius 1 is 1.35 bits per heavy atom. The van der Waals surface area contributed by atoms with Crippen molar-refractivity contribution < 1.29 is 31.9 Å². The number of nitrogens with two attached hydrogens (primary N) is 1. The summed E-state index contributed by atoms with van der Waals surface area (Å²) in [7, 11) is 0. The molecule has 0 saturated carbocycles. The third-order valence-corrected chi connectivity index (χ3v) is 6.80. The number of amides is 2. The number of ether oxygens (including phenoxy) is 1. The standard InChI is InChI=1S/C24H24ClF4N5O3/c1-12-8-14(6-7-37-12)34-18(35)10-23(2,33-22(34)30)15-4-3-5-17(19(15)25)32-21(36)20-16(24(27,28)29)9-13(26)11-31-20/h3-5,9,11-12,14H,6-8,10H2,1-2H3,(H2,30,33)(H,32,36)/t12-,14-,23+/m1/s1. The van der Waals surface area contributed by atoms with Crippen molar-refractivity contribution in [3.8, 4) is 0 Å². The number of hydrogen-bond acceptors (Lipinski definition) is 6. The fraction of sp³-hybridized carbons (Fsp3) is 0.417. The van der Waals surface area contributed by atoms with Crippen LogP contribution in [0.3, 0.4) is 0 Å². The average Bonchev–Trinajstić information content (AvgIpc) is 2.79. The van der Waals surface area contributed by atoms with Gasteiger partial charge in [0.2, 0.25) is 5.91 Å². The predicted octanol–water partition coefficient (Wildman–Crippen LogP) is 4.47. The summed E-state index contributed by atoms with van der Waals surface area (Å²) >= 11 is 6.55. The number of guanidine groups is 1. The van der Waals surface area contributed by atoms with Crippen molar-refractivity contribution in [2.75, 3.05) is 11.9 Å². The fourth-order valence-electron chi connectivity index (χ4n) is 4.67. The smallest absolute Gasteiger partial charge is 0.378 e. The Morgan fingerprint density at radius 3 is 2.73 bits per heavy atom. The van der Waals surface area contributed by atoms with E-state index in [-0.39, 0.29) is 47.2 Å². The van der Waals surface area contributed by atoms with E-state index in [0.717, 1.165) is 0 Å². The lowest BCUT2D eigenvalue weighted by Gasteiger charge is -2.41. The van der Waals surface area contributed by atoms with Crippen molar-refractivity contribution in [1.82, 2.24) is 9.88 Å². The topological polar surface area (TPSA) is 110 Å². The molecule has 4 rings (SSSR count). The molecular weight excluding hydrogens is 518 g/mol. The lowest BCUT2D eigenvalue weighted by molar-refractivity contribution is -0.138. The number of aromatic nitrogens is 1. The number of anilines is 1. The number of halogens is 5. The summed E-state index contributed by atoms with van der Waals surface area (Å²) in [6, 6.07) is 4.50. The zero-order chi connectivity index (χ0) is 27.1. The number of alkyl halides is 3. The maximum Gasteiger partial charge on any atom is 0.418 e. The molecule has 2 aliphatic heterocycles. The molecule has 37 heavy (non-hydrogen) atoms. The van der Waals surface area contributed by atoms with E-state index in [2.05, 4.69) is 15.3 Å². The van der Waals surface area contributed by atoms with Gasteiger partial charge in [-0.15, -0.1) is 0 Å². The summed E-state index contributed by atoms with van der Waals surface area (Å²) in [5.74, 6) is -2.71. The number of carbonyl (C=O) groups is 2. The van der Waals surface area contributed by atoms with Gasteiger partial charge in [-0.3, -0.25) is 14.5 Å².